The van der Waals surface area contributed by atoms with Crippen LogP contribution in [0.3, 0.4) is 0 Å². The number of hydrogen-bond donors (Lipinski definition) is 1. The lowest BCUT2D eigenvalue weighted by molar-refractivity contribution is -0.131. The van der Waals surface area contributed by atoms with Gasteiger partial charge >= 0.3 is 5.97 Å². The maximum absolute atomic E-state index is 11.8. The summed E-state index contributed by atoms with van der Waals surface area (Å²) in [6.07, 6.45) is 6.14. The van der Waals surface area contributed by atoms with Crippen molar-refractivity contribution in [3.63, 3.8) is 0 Å². The van der Waals surface area contributed by atoms with Crippen LogP contribution >= 0.6 is 23.4 Å². The molecule has 4 rings (SSSR count). The van der Waals surface area contributed by atoms with E-state index in [2.05, 4.69) is 15.1 Å². The number of carboxylic acid groups (broad SMARTS) is 1. The normalized spacial score (nSPS) is 14.9. The van der Waals surface area contributed by atoms with E-state index >= 15 is 0 Å². The quantitative estimate of drug-likeness (QED) is 0.346. The molecule has 0 atom stereocenters. The van der Waals surface area contributed by atoms with Gasteiger partial charge in [-0.1, -0.05) is 24.4 Å². The molecule has 1 N–H and O–H groups in total. The highest BCUT2D eigenvalue weighted by Crippen LogP contribution is 2.35. The first-order valence-electron chi connectivity index (χ1n) is 10.2. The smallest absolute Gasteiger partial charge is 0.342 e. The third-order valence-electron chi connectivity index (χ3n) is 5.01. The van der Waals surface area contributed by atoms with E-state index in [0.29, 0.717) is 22.1 Å². The maximum Gasteiger partial charge on any atom is 0.342 e. The van der Waals surface area contributed by atoms with Crippen molar-refractivity contribution in [3.8, 4) is 17.2 Å². The van der Waals surface area contributed by atoms with Gasteiger partial charge in [0.2, 0.25) is 0 Å². The molecule has 1 aliphatic heterocycles. The summed E-state index contributed by atoms with van der Waals surface area (Å²) in [5.74, 6) is 0.771. The molecule has 1 fully saturated rings. The van der Waals surface area contributed by atoms with Gasteiger partial charge in [-0.15, -0.1) is 10.2 Å². The number of ether oxygens (including phenoxy) is 1. The van der Waals surface area contributed by atoms with Crippen LogP contribution < -0.4 is 9.64 Å². The number of methoxy groups -OCH3 is 1. The molecule has 8 nitrogen and oxygen atoms in total. The van der Waals surface area contributed by atoms with Gasteiger partial charge in [-0.2, -0.15) is 0 Å². The number of aromatic nitrogens is 2. The molecular weight excluding hydrogens is 454 g/mol. The summed E-state index contributed by atoms with van der Waals surface area (Å²) in [6.45, 7) is 1.88. The van der Waals surface area contributed by atoms with Crippen LogP contribution in [-0.4, -0.2) is 41.5 Å². The Balaban J connectivity index is 1.53. The van der Waals surface area contributed by atoms with Gasteiger partial charge in [-0.05, 0) is 48.9 Å². The zero-order valence-corrected chi connectivity index (χ0v) is 19.0. The van der Waals surface area contributed by atoms with Crippen LogP contribution in [0.4, 0.5) is 5.88 Å². The Morgan fingerprint density at radius 3 is 2.66 bits per heavy atom. The molecule has 0 unspecified atom stereocenters. The molecule has 1 saturated heterocycles. The molecule has 3 aromatic rings. The molecule has 32 heavy (non-hydrogen) atoms. The lowest BCUT2D eigenvalue weighted by Gasteiger charge is -2.18. The van der Waals surface area contributed by atoms with Crippen LogP contribution in [0.5, 0.6) is 5.75 Å². The first kappa shape index (κ1) is 22.3. The predicted molar refractivity (Wildman–Crippen MR) is 122 cm³/mol. The highest BCUT2D eigenvalue weighted by atomic mass is 35.5. The van der Waals surface area contributed by atoms with Crippen LogP contribution in [0.25, 0.3) is 17.5 Å². The van der Waals surface area contributed by atoms with Crippen molar-refractivity contribution in [2.45, 2.75) is 30.9 Å². The number of carboxylic acids is 1. The molecule has 168 valence electrons. The summed E-state index contributed by atoms with van der Waals surface area (Å²) >= 11 is 6.91. The Morgan fingerprint density at radius 1 is 1.16 bits per heavy atom. The number of thioether (sulfide) groups is 1. The van der Waals surface area contributed by atoms with Crippen molar-refractivity contribution in [2.24, 2.45) is 0 Å². The molecule has 0 spiro atoms. The Hall–Kier alpha value is -2.91. The van der Waals surface area contributed by atoms with Gasteiger partial charge in [-0.3, -0.25) is 0 Å². The van der Waals surface area contributed by atoms with Gasteiger partial charge in [0, 0.05) is 30.3 Å². The summed E-state index contributed by atoms with van der Waals surface area (Å²) in [7, 11) is 1.52. The molecule has 10 heteroatoms. The van der Waals surface area contributed by atoms with E-state index in [4.69, 9.17) is 25.2 Å². The largest absolute Gasteiger partial charge is 0.496 e. The van der Waals surface area contributed by atoms with E-state index in [0.717, 1.165) is 43.6 Å². The number of benzene rings is 1. The van der Waals surface area contributed by atoms with Gasteiger partial charge in [0.05, 0.1) is 12.7 Å². The van der Waals surface area contributed by atoms with Crippen LogP contribution in [0.1, 0.15) is 31.4 Å². The van der Waals surface area contributed by atoms with Crippen LogP contribution in [0, 0.1) is 0 Å². The Bertz CT molecular complexity index is 1120. The Labute approximate surface area is 194 Å². The van der Waals surface area contributed by atoms with Gasteiger partial charge in [0.1, 0.15) is 16.4 Å². The van der Waals surface area contributed by atoms with E-state index < -0.39 is 5.97 Å². The van der Waals surface area contributed by atoms with Crippen molar-refractivity contribution < 1.29 is 23.5 Å². The van der Waals surface area contributed by atoms with E-state index in [-0.39, 0.29) is 16.0 Å². The second-order valence-electron chi connectivity index (χ2n) is 7.21. The molecule has 0 saturated carbocycles. The minimum absolute atomic E-state index is 0.00461. The summed E-state index contributed by atoms with van der Waals surface area (Å²) < 4.78 is 16.9. The number of nitrogens with zero attached hydrogens (tertiary/aromatic N) is 3. The summed E-state index contributed by atoms with van der Waals surface area (Å²) in [6, 6.07) is 8.65. The van der Waals surface area contributed by atoms with E-state index in [1.54, 1.807) is 24.3 Å². The Kier molecular flexibility index (Phi) is 7.06. The predicted octanol–water partition coefficient (Wildman–Crippen LogP) is 5.59. The molecular formula is C22H22ClN3O5S. The van der Waals surface area contributed by atoms with Gasteiger partial charge < -0.3 is 23.6 Å². The number of halogens is 1. The molecule has 0 aliphatic carbocycles. The fourth-order valence-corrected chi connectivity index (χ4v) is 4.27. The SMILES string of the molecule is COc1ccc(Cl)cc1-c1nnc(S/C(=C\c2ccc(N3CCCCCC3)o2)C(=O)O)o1. The molecule has 3 heterocycles. The van der Waals surface area contributed by atoms with Crippen LogP contribution in [0.15, 0.2) is 49.3 Å². The summed E-state index contributed by atoms with van der Waals surface area (Å²) in [4.78, 5) is 14.0. The second kappa shape index (κ2) is 10.1. The first-order valence-corrected chi connectivity index (χ1v) is 11.4. The first-order chi connectivity index (χ1) is 15.5. The van der Waals surface area contributed by atoms with E-state index in [9.17, 15) is 9.90 Å². The average Bonchev–Trinajstić information content (AvgIpc) is 3.36. The maximum atomic E-state index is 11.8. The third kappa shape index (κ3) is 5.28. The van der Waals surface area contributed by atoms with Gasteiger partial charge in [-0.25, -0.2) is 4.79 Å². The monoisotopic (exact) mass is 475 g/mol. The number of rotatable bonds is 7. The number of carbonyl (C=O) groups is 1. The van der Waals surface area contributed by atoms with Crippen LogP contribution in [-0.2, 0) is 4.79 Å². The van der Waals surface area contributed by atoms with Crippen molar-refractivity contribution in [1.82, 2.24) is 10.2 Å². The van der Waals surface area contributed by atoms with Crippen molar-refractivity contribution in [2.75, 3.05) is 25.1 Å². The average molecular weight is 476 g/mol. The van der Waals surface area contributed by atoms with E-state index in [1.807, 2.05) is 6.07 Å². The highest BCUT2D eigenvalue weighted by Gasteiger charge is 2.19. The highest BCUT2D eigenvalue weighted by molar-refractivity contribution is 8.03. The number of furan rings is 1. The lowest BCUT2D eigenvalue weighted by Crippen LogP contribution is -2.23. The number of aliphatic carboxylic acids is 1. The molecule has 1 aromatic carbocycles. The molecule has 0 radical (unpaired) electrons. The zero-order valence-electron chi connectivity index (χ0n) is 17.4. The van der Waals surface area contributed by atoms with Crippen LogP contribution in [0.2, 0.25) is 5.02 Å². The topological polar surface area (TPSA) is 102 Å². The van der Waals surface area contributed by atoms with Crippen molar-refractivity contribution in [3.05, 3.63) is 46.0 Å². The summed E-state index contributed by atoms with van der Waals surface area (Å²) in [5, 5.41) is 18.2. The number of hydrogen-bond acceptors (Lipinski definition) is 8. The van der Waals surface area contributed by atoms with Crippen molar-refractivity contribution >= 4 is 41.3 Å². The zero-order chi connectivity index (χ0) is 22.5. The molecule has 1 aliphatic rings. The minimum atomic E-state index is -1.12. The number of anilines is 1. The van der Waals surface area contributed by atoms with Gasteiger partial charge in [0.15, 0.2) is 5.88 Å². The fraction of sp³-hybridized carbons (Fsp3) is 0.318. The lowest BCUT2D eigenvalue weighted by atomic mass is 10.2. The fourth-order valence-electron chi connectivity index (χ4n) is 3.45. The standard InChI is InChI=1S/C22H22ClN3O5S/c1-29-17-8-6-14(23)12-16(17)20-24-25-22(31-20)32-18(21(27)28)13-15-7-9-19(30-15)26-10-4-2-3-5-11-26/h6-9,12-13H,2-5,10-11H2,1H3,(H,27,28)/b18-13-. The second-order valence-corrected chi connectivity index (χ2v) is 8.64. The Morgan fingerprint density at radius 2 is 1.94 bits per heavy atom. The molecule has 0 amide bonds. The third-order valence-corrected chi connectivity index (χ3v) is 6.10. The molecule has 0 bridgehead atoms. The summed E-state index contributed by atoms with van der Waals surface area (Å²) in [5.41, 5.74) is 0.522. The van der Waals surface area contributed by atoms with E-state index in [1.165, 1.54) is 26.0 Å². The minimum Gasteiger partial charge on any atom is -0.496 e. The van der Waals surface area contributed by atoms with Crippen molar-refractivity contribution in [1.29, 1.82) is 0 Å². The van der Waals surface area contributed by atoms with Gasteiger partial charge in [0.25, 0.3) is 11.1 Å². The molecule has 2 aromatic heterocycles.